The molecule has 4 nitrogen and oxygen atoms in total. The fourth-order valence-corrected chi connectivity index (χ4v) is 3.85. The number of piperidine rings is 1. The first-order chi connectivity index (χ1) is 13.1. The Balaban J connectivity index is 1.71. The molecule has 0 unspecified atom stereocenters. The molecule has 0 N–H and O–H groups in total. The van der Waals surface area contributed by atoms with E-state index in [2.05, 4.69) is 4.98 Å². The molecule has 1 atom stereocenters. The third kappa shape index (κ3) is 3.37. The summed E-state index contributed by atoms with van der Waals surface area (Å²) in [5.74, 6) is 0.518. The third-order valence-corrected chi connectivity index (χ3v) is 5.24. The summed E-state index contributed by atoms with van der Waals surface area (Å²) in [6, 6.07) is 14.1. The van der Waals surface area contributed by atoms with Crippen molar-refractivity contribution >= 4 is 5.91 Å². The number of nitrogens with zero attached hydrogens (tertiary/aromatic N) is 3. The van der Waals surface area contributed by atoms with Crippen molar-refractivity contribution in [2.24, 2.45) is 7.05 Å². The molecule has 1 saturated heterocycles. The Morgan fingerprint density at radius 2 is 1.89 bits per heavy atom. The van der Waals surface area contributed by atoms with Gasteiger partial charge in [0, 0.05) is 31.5 Å². The van der Waals surface area contributed by atoms with Crippen LogP contribution in [0.25, 0.3) is 11.4 Å². The van der Waals surface area contributed by atoms with Crippen molar-refractivity contribution in [2.75, 3.05) is 6.54 Å². The number of benzene rings is 2. The number of likely N-dealkylation sites (tertiary alicyclic amines) is 1. The summed E-state index contributed by atoms with van der Waals surface area (Å²) < 4.78 is 15.2. The summed E-state index contributed by atoms with van der Waals surface area (Å²) in [6.07, 6.45) is 6.54. The number of rotatable bonds is 3. The van der Waals surface area contributed by atoms with Crippen LogP contribution in [-0.2, 0) is 7.05 Å². The van der Waals surface area contributed by atoms with Gasteiger partial charge in [0.25, 0.3) is 5.91 Å². The number of carbonyl (C=O) groups is 1. The van der Waals surface area contributed by atoms with Gasteiger partial charge in [-0.15, -0.1) is 0 Å². The number of hydrogen-bond acceptors (Lipinski definition) is 2. The van der Waals surface area contributed by atoms with Gasteiger partial charge in [-0.25, -0.2) is 9.37 Å². The quantitative estimate of drug-likeness (QED) is 0.682. The van der Waals surface area contributed by atoms with Crippen molar-refractivity contribution < 1.29 is 9.18 Å². The lowest BCUT2D eigenvalue weighted by Crippen LogP contribution is -2.38. The molecule has 2 aromatic carbocycles. The highest BCUT2D eigenvalue weighted by Crippen LogP contribution is 2.34. The molecular formula is C22H22FN3O. The van der Waals surface area contributed by atoms with Gasteiger partial charge >= 0.3 is 0 Å². The van der Waals surface area contributed by atoms with E-state index in [0.29, 0.717) is 12.1 Å². The van der Waals surface area contributed by atoms with Crippen molar-refractivity contribution in [3.05, 3.63) is 77.9 Å². The Bertz CT molecular complexity index is 948. The predicted molar refractivity (Wildman–Crippen MR) is 103 cm³/mol. The zero-order chi connectivity index (χ0) is 18.8. The summed E-state index contributed by atoms with van der Waals surface area (Å²) in [5.41, 5.74) is 2.47. The second kappa shape index (κ2) is 7.35. The number of aromatic nitrogens is 2. The van der Waals surface area contributed by atoms with Gasteiger partial charge < -0.3 is 9.47 Å². The van der Waals surface area contributed by atoms with Crippen molar-refractivity contribution in [2.45, 2.75) is 25.3 Å². The van der Waals surface area contributed by atoms with Gasteiger partial charge in [0.15, 0.2) is 0 Å². The summed E-state index contributed by atoms with van der Waals surface area (Å²) in [7, 11) is 1.92. The molecule has 2 heterocycles. The average molecular weight is 363 g/mol. The molecule has 1 aliphatic heterocycles. The fraction of sp³-hybridized carbons (Fsp3) is 0.273. The van der Waals surface area contributed by atoms with Gasteiger partial charge in [0.2, 0.25) is 0 Å². The van der Waals surface area contributed by atoms with Crippen molar-refractivity contribution in [1.82, 2.24) is 14.5 Å². The topological polar surface area (TPSA) is 38.1 Å². The third-order valence-electron chi connectivity index (χ3n) is 5.24. The van der Waals surface area contributed by atoms with Crippen LogP contribution in [0.1, 0.15) is 41.2 Å². The molecule has 1 amide bonds. The number of hydrogen-bond donors (Lipinski definition) is 0. The van der Waals surface area contributed by atoms with Crippen LogP contribution in [0.5, 0.6) is 0 Å². The van der Waals surface area contributed by atoms with E-state index >= 15 is 0 Å². The predicted octanol–water partition coefficient (Wildman–Crippen LogP) is 4.59. The van der Waals surface area contributed by atoms with Crippen LogP contribution in [-0.4, -0.2) is 26.9 Å². The molecule has 1 fully saturated rings. The van der Waals surface area contributed by atoms with Gasteiger partial charge in [0.1, 0.15) is 11.6 Å². The maximum atomic E-state index is 13.5. The van der Waals surface area contributed by atoms with E-state index in [4.69, 9.17) is 0 Å². The lowest BCUT2D eigenvalue weighted by Gasteiger charge is -2.36. The van der Waals surface area contributed by atoms with E-state index in [1.807, 2.05) is 47.0 Å². The van der Waals surface area contributed by atoms with Crippen molar-refractivity contribution in [3.8, 4) is 11.4 Å². The average Bonchev–Trinajstić information content (AvgIpc) is 3.14. The molecule has 0 saturated carbocycles. The molecule has 0 spiro atoms. The molecule has 0 bridgehead atoms. The maximum Gasteiger partial charge on any atom is 0.255 e. The molecule has 1 aliphatic rings. The minimum absolute atomic E-state index is 0.00243. The molecule has 4 rings (SSSR count). The number of carbonyl (C=O) groups excluding carboxylic acids is 1. The summed E-state index contributed by atoms with van der Waals surface area (Å²) in [6.45, 7) is 0.704. The van der Waals surface area contributed by atoms with E-state index in [1.54, 1.807) is 18.3 Å². The summed E-state index contributed by atoms with van der Waals surface area (Å²) >= 11 is 0. The molecule has 3 aromatic rings. The minimum atomic E-state index is -0.257. The highest BCUT2D eigenvalue weighted by atomic mass is 19.1. The molecule has 138 valence electrons. The van der Waals surface area contributed by atoms with Crippen LogP contribution in [0, 0.1) is 5.82 Å². The second-order valence-electron chi connectivity index (χ2n) is 6.97. The van der Waals surface area contributed by atoms with Gasteiger partial charge in [-0.3, -0.25) is 4.79 Å². The van der Waals surface area contributed by atoms with E-state index in [0.717, 1.165) is 36.2 Å². The monoisotopic (exact) mass is 363 g/mol. The molecule has 1 aromatic heterocycles. The standard InChI is InChI=1S/C22H22FN3O/c1-25-15-13-24-21(25)18-6-2-3-7-19(18)22(27)26-14-5-4-8-20(26)16-9-11-17(23)12-10-16/h2-3,6-7,9-13,15,20H,4-5,8,14H2,1H3/t20-/m1/s1. The lowest BCUT2D eigenvalue weighted by atomic mass is 9.93. The summed E-state index contributed by atoms with van der Waals surface area (Å²) in [5, 5.41) is 0. The molecular weight excluding hydrogens is 341 g/mol. The number of imidazole rings is 1. The maximum absolute atomic E-state index is 13.5. The van der Waals surface area contributed by atoms with Crippen LogP contribution < -0.4 is 0 Å². The molecule has 27 heavy (non-hydrogen) atoms. The first kappa shape index (κ1) is 17.5. The van der Waals surface area contributed by atoms with E-state index in [-0.39, 0.29) is 17.8 Å². The minimum Gasteiger partial charge on any atom is -0.334 e. The Hall–Kier alpha value is -2.95. The fourth-order valence-electron chi connectivity index (χ4n) is 3.85. The Morgan fingerprint density at radius 3 is 2.63 bits per heavy atom. The van der Waals surface area contributed by atoms with Crippen LogP contribution in [0.3, 0.4) is 0 Å². The van der Waals surface area contributed by atoms with Gasteiger partial charge in [0.05, 0.1) is 11.6 Å². The van der Waals surface area contributed by atoms with Crippen LogP contribution >= 0.6 is 0 Å². The zero-order valence-corrected chi connectivity index (χ0v) is 15.3. The number of amides is 1. The second-order valence-corrected chi connectivity index (χ2v) is 6.97. The van der Waals surface area contributed by atoms with Crippen molar-refractivity contribution in [1.29, 1.82) is 0 Å². The van der Waals surface area contributed by atoms with Crippen molar-refractivity contribution in [3.63, 3.8) is 0 Å². The molecule has 5 heteroatoms. The number of halogens is 1. The van der Waals surface area contributed by atoms with Gasteiger partial charge in [-0.2, -0.15) is 0 Å². The molecule has 0 aliphatic carbocycles. The van der Waals surface area contributed by atoms with E-state index < -0.39 is 0 Å². The van der Waals surface area contributed by atoms with Gasteiger partial charge in [-0.05, 0) is 43.0 Å². The highest BCUT2D eigenvalue weighted by Gasteiger charge is 2.30. The number of aryl methyl sites for hydroxylation is 1. The Labute approximate surface area is 158 Å². The molecule has 0 radical (unpaired) electrons. The van der Waals surface area contributed by atoms with E-state index in [9.17, 15) is 9.18 Å². The Morgan fingerprint density at radius 1 is 1.11 bits per heavy atom. The largest absolute Gasteiger partial charge is 0.334 e. The summed E-state index contributed by atoms with van der Waals surface area (Å²) in [4.78, 5) is 19.8. The normalized spacial score (nSPS) is 17.1. The first-order valence-corrected chi connectivity index (χ1v) is 9.28. The SMILES string of the molecule is Cn1ccnc1-c1ccccc1C(=O)N1CCCC[C@@H]1c1ccc(F)cc1. The van der Waals surface area contributed by atoms with Crippen LogP contribution in [0.2, 0.25) is 0 Å². The van der Waals surface area contributed by atoms with Gasteiger partial charge in [-0.1, -0.05) is 30.3 Å². The Kier molecular flexibility index (Phi) is 4.75. The van der Waals surface area contributed by atoms with Crippen LogP contribution in [0.15, 0.2) is 60.9 Å². The lowest BCUT2D eigenvalue weighted by molar-refractivity contribution is 0.0612. The highest BCUT2D eigenvalue weighted by molar-refractivity contribution is 6.00. The van der Waals surface area contributed by atoms with E-state index in [1.165, 1.54) is 12.1 Å². The zero-order valence-electron chi connectivity index (χ0n) is 15.3. The van der Waals surface area contributed by atoms with Crippen LogP contribution in [0.4, 0.5) is 4.39 Å². The first-order valence-electron chi connectivity index (χ1n) is 9.28. The smallest absolute Gasteiger partial charge is 0.255 e.